The molecule has 0 saturated carbocycles. The molecule has 4 heteroatoms. The quantitative estimate of drug-likeness (QED) is 0.557. The van der Waals surface area contributed by atoms with Gasteiger partial charge in [-0.2, -0.15) is 0 Å². The second kappa shape index (κ2) is 5.45. The fourth-order valence-electron chi connectivity index (χ4n) is 0.974. The van der Waals surface area contributed by atoms with Crippen molar-refractivity contribution in [2.45, 2.75) is 6.42 Å². The number of primary amides is 1. The van der Waals surface area contributed by atoms with Crippen LogP contribution in [-0.4, -0.2) is 12.3 Å². The number of nitrogens with one attached hydrogen (secondary N) is 1. The van der Waals surface area contributed by atoms with E-state index >= 15 is 0 Å². The summed E-state index contributed by atoms with van der Waals surface area (Å²) in [6.45, 7) is 0. The number of aldehydes is 1. The highest BCUT2D eigenvalue weighted by molar-refractivity contribution is 5.87. The first kappa shape index (κ1) is 10.8. The predicted octanol–water partition coefficient (Wildman–Crippen LogP) is 1.12. The average Bonchev–Trinajstić information content (AvgIpc) is 2.20. The van der Waals surface area contributed by atoms with Crippen LogP contribution in [0.3, 0.4) is 0 Å². The summed E-state index contributed by atoms with van der Waals surface area (Å²) >= 11 is 0. The molecule has 4 nitrogen and oxygen atoms in total. The zero-order valence-electron chi connectivity index (χ0n) is 7.99. The fourth-order valence-corrected chi connectivity index (χ4v) is 0.974. The maximum Gasteiger partial charge on any atom is 0.316 e. The summed E-state index contributed by atoms with van der Waals surface area (Å²) in [4.78, 5) is 20.5. The monoisotopic (exact) mass is 202 g/mol. The van der Waals surface area contributed by atoms with Gasteiger partial charge in [-0.25, -0.2) is 4.79 Å². The van der Waals surface area contributed by atoms with Crippen LogP contribution in [0.2, 0.25) is 0 Å². The van der Waals surface area contributed by atoms with Crippen molar-refractivity contribution in [3.63, 3.8) is 0 Å². The van der Waals surface area contributed by atoms with E-state index in [1.165, 1.54) is 0 Å². The zero-order chi connectivity index (χ0) is 11.1. The van der Waals surface area contributed by atoms with Gasteiger partial charge in [0.05, 0.1) is 6.42 Å². The van der Waals surface area contributed by atoms with E-state index in [9.17, 15) is 9.59 Å². The number of rotatable bonds is 2. The van der Waals surface area contributed by atoms with E-state index in [0.29, 0.717) is 5.69 Å². The molecule has 0 heterocycles. The molecule has 0 saturated heterocycles. The third kappa shape index (κ3) is 3.96. The maximum absolute atomic E-state index is 10.5. The number of hydrogen-bond donors (Lipinski definition) is 2. The van der Waals surface area contributed by atoms with Crippen LogP contribution in [0, 0.1) is 11.8 Å². The normalized spacial score (nSPS) is 8.53. The Hall–Kier alpha value is -2.28. The number of hydrogen-bond acceptors (Lipinski definition) is 2. The van der Waals surface area contributed by atoms with Gasteiger partial charge in [-0.3, -0.25) is 0 Å². The van der Waals surface area contributed by atoms with E-state index < -0.39 is 6.03 Å². The van der Waals surface area contributed by atoms with E-state index in [4.69, 9.17) is 5.73 Å². The van der Waals surface area contributed by atoms with Crippen LogP contribution >= 0.6 is 0 Å². The van der Waals surface area contributed by atoms with Crippen molar-refractivity contribution in [2.24, 2.45) is 5.73 Å². The highest BCUT2D eigenvalue weighted by Crippen LogP contribution is 2.07. The van der Waals surface area contributed by atoms with E-state index in [-0.39, 0.29) is 6.42 Å². The SMILES string of the molecule is NC(=O)Nc1ccc(C#CCC=O)cc1. The molecule has 0 unspecified atom stereocenters. The molecule has 1 rings (SSSR count). The molecule has 3 N–H and O–H groups in total. The van der Waals surface area contributed by atoms with Crippen molar-refractivity contribution in [1.29, 1.82) is 0 Å². The van der Waals surface area contributed by atoms with Crippen molar-refractivity contribution >= 4 is 18.0 Å². The van der Waals surface area contributed by atoms with E-state index in [2.05, 4.69) is 17.2 Å². The van der Waals surface area contributed by atoms with Crippen LogP contribution < -0.4 is 11.1 Å². The van der Waals surface area contributed by atoms with Crippen molar-refractivity contribution in [3.05, 3.63) is 29.8 Å². The van der Waals surface area contributed by atoms with Gasteiger partial charge in [-0.1, -0.05) is 11.8 Å². The fraction of sp³-hybridized carbons (Fsp3) is 0.0909. The lowest BCUT2D eigenvalue weighted by molar-refractivity contribution is -0.107. The highest BCUT2D eigenvalue weighted by atomic mass is 16.2. The number of nitrogens with two attached hydrogens (primary N) is 1. The minimum Gasteiger partial charge on any atom is -0.351 e. The molecular formula is C11H10N2O2. The van der Waals surface area contributed by atoms with E-state index in [1.54, 1.807) is 24.3 Å². The summed E-state index contributed by atoms with van der Waals surface area (Å²) in [5, 5.41) is 2.43. The largest absolute Gasteiger partial charge is 0.351 e. The molecule has 0 atom stereocenters. The Balaban J connectivity index is 2.69. The van der Waals surface area contributed by atoms with Crippen LogP contribution in [0.4, 0.5) is 10.5 Å². The molecule has 2 amide bonds. The predicted molar refractivity (Wildman–Crippen MR) is 57.2 cm³/mol. The molecule has 15 heavy (non-hydrogen) atoms. The first-order valence-electron chi connectivity index (χ1n) is 4.31. The number of amides is 2. The van der Waals surface area contributed by atoms with Crippen molar-refractivity contribution < 1.29 is 9.59 Å². The molecule has 1 aromatic carbocycles. The Kier molecular flexibility index (Phi) is 3.92. The van der Waals surface area contributed by atoms with Crippen LogP contribution in [-0.2, 0) is 4.79 Å². The Labute approximate surface area is 87.5 Å². The van der Waals surface area contributed by atoms with Gasteiger partial charge in [0, 0.05) is 11.3 Å². The van der Waals surface area contributed by atoms with Gasteiger partial charge >= 0.3 is 6.03 Å². The molecule has 1 aromatic rings. The first-order chi connectivity index (χ1) is 7.22. The minimum atomic E-state index is -0.602. The second-order valence-electron chi connectivity index (χ2n) is 2.74. The van der Waals surface area contributed by atoms with Crippen LogP contribution in [0.5, 0.6) is 0 Å². The van der Waals surface area contributed by atoms with Gasteiger partial charge in [0.15, 0.2) is 0 Å². The van der Waals surface area contributed by atoms with Crippen molar-refractivity contribution in [1.82, 2.24) is 0 Å². The molecule has 0 spiro atoms. The van der Waals surface area contributed by atoms with Gasteiger partial charge in [-0.05, 0) is 24.3 Å². The summed E-state index contributed by atoms with van der Waals surface area (Å²) < 4.78 is 0. The molecule has 0 aliphatic heterocycles. The number of urea groups is 1. The zero-order valence-corrected chi connectivity index (χ0v) is 7.99. The van der Waals surface area contributed by atoms with Crippen molar-refractivity contribution in [3.8, 4) is 11.8 Å². The third-order valence-electron chi connectivity index (χ3n) is 1.57. The summed E-state index contributed by atoms with van der Waals surface area (Å²) in [5.41, 5.74) is 6.34. The topological polar surface area (TPSA) is 72.2 Å². The van der Waals surface area contributed by atoms with E-state index in [0.717, 1.165) is 11.8 Å². The van der Waals surface area contributed by atoms with Crippen LogP contribution in [0.1, 0.15) is 12.0 Å². The van der Waals surface area contributed by atoms with Gasteiger partial charge in [-0.15, -0.1) is 0 Å². The minimum absolute atomic E-state index is 0.223. The molecule has 0 radical (unpaired) electrons. The van der Waals surface area contributed by atoms with Gasteiger partial charge in [0.2, 0.25) is 0 Å². The lowest BCUT2D eigenvalue weighted by atomic mass is 10.2. The van der Waals surface area contributed by atoms with Crippen LogP contribution in [0.25, 0.3) is 0 Å². The third-order valence-corrected chi connectivity index (χ3v) is 1.57. The lowest BCUT2D eigenvalue weighted by Crippen LogP contribution is -2.19. The number of carbonyl (C=O) groups excluding carboxylic acids is 2. The van der Waals surface area contributed by atoms with Gasteiger partial charge in [0.25, 0.3) is 0 Å². The molecule has 0 aliphatic rings. The van der Waals surface area contributed by atoms with Gasteiger partial charge in [0.1, 0.15) is 6.29 Å². The highest BCUT2D eigenvalue weighted by Gasteiger charge is 1.94. The average molecular weight is 202 g/mol. The molecule has 76 valence electrons. The molecule has 0 fully saturated rings. The Morgan fingerprint density at radius 1 is 1.40 bits per heavy atom. The standard InChI is InChI=1S/C11H10N2O2/c12-11(15)13-10-6-4-9(5-7-10)3-1-2-8-14/h4-8H,2H2,(H3,12,13,15). The second-order valence-corrected chi connectivity index (χ2v) is 2.74. The smallest absolute Gasteiger partial charge is 0.316 e. The molecule has 0 bridgehead atoms. The van der Waals surface area contributed by atoms with Gasteiger partial charge < -0.3 is 15.8 Å². The van der Waals surface area contributed by atoms with Crippen molar-refractivity contribution in [2.75, 3.05) is 5.32 Å². The summed E-state index contributed by atoms with van der Waals surface area (Å²) in [6, 6.07) is 6.26. The Morgan fingerprint density at radius 2 is 2.07 bits per heavy atom. The molecule has 0 aliphatic carbocycles. The number of anilines is 1. The summed E-state index contributed by atoms with van der Waals surface area (Å²) in [6.07, 6.45) is 0.970. The van der Waals surface area contributed by atoms with E-state index in [1.807, 2.05) is 0 Å². The lowest BCUT2D eigenvalue weighted by Gasteiger charge is -2.00. The maximum atomic E-state index is 10.5. The number of benzene rings is 1. The number of carbonyl (C=O) groups is 2. The summed E-state index contributed by atoms with van der Waals surface area (Å²) in [5.74, 6) is 5.48. The van der Waals surface area contributed by atoms with Crippen LogP contribution in [0.15, 0.2) is 24.3 Å². The first-order valence-corrected chi connectivity index (χ1v) is 4.31. The molecular weight excluding hydrogens is 192 g/mol. The Bertz CT molecular complexity index is 412. The molecule has 0 aromatic heterocycles. The summed E-state index contributed by atoms with van der Waals surface area (Å²) in [7, 11) is 0. The Morgan fingerprint density at radius 3 is 2.60 bits per heavy atom.